The van der Waals surface area contributed by atoms with E-state index in [-0.39, 0.29) is 5.91 Å². The predicted octanol–water partition coefficient (Wildman–Crippen LogP) is 2.73. The third-order valence-electron chi connectivity index (χ3n) is 3.89. The molecule has 0 aliphatic heterocycles. The number of aliphatic hydroxyl groups is 1. The van der Waals surface area contributed by atoms with Gasteiger partial charge in [0.15, 0.2) is 0 Å². The van der Waals surface area contributed by atoms with E-state index in [9.17, 15) is 9.90 Å². The number of carbonyl (C=O) groups excluding carboxylic acids is 1. The quantitative estimate of drug-likeness (QED) is 0.886. The molecule has 2 aromatic rings. The molecular formula is C19H20N2O3. The topological polar surface area (TPSA) is 82.3 Å². The van der Waals surface area contributed by atoms with Gasteiger partial charge in [-0.3, -0.25) is 4.79 Å². The average Bonchev–Trinajstić information content (AvgIpc) is 2.60. The third kappa shape index (κ3) is 3.92. The first-order valence-corrected chi connectivity index (χ1v) is 7.60. The highest BCUT2D eigenvalue weighted by molar-refractivity contribution is 5.96. The molecule has 0 saturated heterocycles. The molecule has 0 heterocycles. The van der Waals surface area contributed by atoms with Gasteiger partial charge in [-0.15, -0.1) is 0 Å². The molecule has 124 valence electrons. The van der Waals surface area contributed by atoms with Crippen molar-refractivity contribution < 1.29 is 14.6 Å². The molecule has 0 spiro atoms. The van der Waals surface area contributed by atoms with Crippen LogP contribution in [0.25, 0.3) is 0 Å². The van der Waals surface area contributed by atoms with Crippen LogP contribution in [-0.4, -0.2) is 24.2 Å². The van der Waals surface area contributed by atoms with Gasteiger partial charge in [0.2, 0.25) is 0 Å². The Hall–Kier alpha value is -2.84. The van der Waals surface area contributed by atoms with Gasteiger partial charge in [0.05, 0.1) is 30.9 Å². The van der Waals surface area contributed by atoms with E-state index < -0.39 is 12.1 Å². The van der Waals surface area contributed by atoms with Crippen LogP contribution in [0.3, 0.4) is 0 Å². The predicted molar refractivity (Wildman–Crippen MR) is 90.8 cm³/mol. The second kappa shape index (κ2) is 7.62. The average molecular weight is 324 g/mol. The molecule has 2 atom stereocenters. The number of hydrogen-bond donors (Lipinski definition) is 2. The molecule has 2 N–H and O–H groups in total. The fraction of sp³-hybridized carbons (Fsp3) is 0.263. The van der Waals surface area contributed by atoms with Crippen molar-refractivity contribution in [3.05, 3.63) is 64.7 Å². The Morgan fingerprint density at radius 1 is 1.25 bits per heavy atom. The van der Waals surface area contributed by atoms with E-state index in [1.165, 1.54) is 0 Å². The first-order chi connectivity index (χ1) is 11.5. The molecular weight excluding hydrogens is 304 g/mol. The number of amides is 1. The van der Waals surface area contributed by atoms with Gasteiger partial charge in [0.25, 0.3) is 5.91 Å². The lowest BCUT2D eigenvalue weighted by Crippen LogP contribution is -2.37. The SMILES string of the molecule is COc1ccc(C(O)C(C)NC(=O)c2ccc(C#N)cc2C)cc1. The summed E-state index contributed by atoms with van der Waals surface area (Å²) in [5, 5.41) is 22.1. The Labute approximate surface area is 141 Å². The van der Waals surface area contributed by atoms with Crippen LogP contribution >= 0.6 is 0 Å². The molecule has 24 heavy (non-hydrogen) atoms. The van der Waals surface area contributed by atoms with E-state index in [1.807, 2.05) is 6.07 Å². The Morgan fingerprint density at radius 2 is 1.92 bits per heavy atom. The maximum Gasteiger partial charge on any atom is 0.251 e. The van der Waals surface area contributed by atoms with Crippen molar-refractivity contribution in [3.8, 4) is 11.8 Å². The van der Waals surface area contributed by atoms with Crippen LogP contribution < -0.4 is 10.1 Å². The van der Waals surface area contributed by atoms with E-state index in [0.717, 1.165) is 5.56 Å². The fourth-order valence-electron chi connectivity index (χ4n) is 2.44. The van der Waals surface area contributed by atoms with Crippen molar-refractivity contribution in [1.82, 2.24) is 5.32 Å². The van der Waals surface area contributed by atoms with E-state index in [2.05, 4.69) is 5.32 Å². The minimum Gasteiger partial charge on any atom is -0.497 e. The first kappa shape index (κ1) is 17.5. The number of nitrogens with one attached hydrogen (secondary N) is 1. The van der Waals surface area contributed by atoms with Gasteiger partial charge in [-0.25, -0.2) is 0 Å². The van der Waals surface area contributed by atoms with Gasteiger partial charge in [0.1, 0.15) is 5.75 Å². The second-order valence-electron chi connectivity index (χ2n) is 5.62. The number of nitrogens with zero attached hydrogens (tertiary/aromatic N) is 1. The highest BCUT2D eigenvalue weighted by Gasteiger charge is 2.20. The molecule has 0 aliphatic carbocycles. The summed E-state index contributed by atoms with van der Waals surface area (Å²) in [6.07, 6.45) is -0.835. The molecule has 1 amide bonds. The van der Waals surface area contributed by atoms with Crippen LogP contribution in [0.4, 0.5) is 0 Å². The minimum atomic E-state index is -0.835. The van der Waals surface area contributed by atoms with Crippen molar-refractivity contribution >= 4 is 5.91 Å². The summed E-state index contributed by atoms with van der Waals surface area (Å²) in [4.78, 5) is 12.4. The van der Waals surface area contributed by atoms with Crippen LogP contribution in [0.15, 0.2) is 42.5 Å². The number of ether oxygens (including phenoxy) is 1. The summed E-state index contributed by atoms with van der Waals surface area (Å²) in [6, 6.07) is 13.5. The highest BCUT2D eigenvalue weighted by Crippen LogP contribution is 2.20. The number of hydrogen-bond acceptors (Lipinski definition) is 4. The van der Waals surface area contributed by atoms with E-state index in [1.54, 1.807) is 63.4 Å². The van der Waals surface area contributed by atoms with Gasteiger partial charge in [-0.1, -0.05) is 12.1 Å². The summed E-state index contributed by atoms with van der Waals surface area (Å²) < 4.78 is 5.09. The molecule has 0 fully saturated rings. The fourth-order valence-corrected chi connectivity index (χ4v) is 2.44. The minimum absolute atomic E-state index is 0.281. The lowest BCUT2D eigenvalue weighted by Gasteiger charge is -2.21. The van der Waals surface area contributed by atoms with Crippen LogP contribution in [0.1, 0.15) is 40.1 Å². The maximum atomic E-state index is 12.4. The molecule has 0 bridgehead atoms. The molecule has 0 aliphatic rings. The normalized spacial score (nSPS) is 12.8. The number of aliphatic hydroxyl groups excluding tert-OH is 1. The summed E-state index contributed by atoms with van der Waals surface area (Å²) in [5.41, 5.74) is 2.41. The number of nitriles is 1. The Balaban J connectivity index is 2.08. The zero-order chi connectivity index (χ0) is 17.7. The van der Waals surface area contributed by atoms with Gasteiger partial charge < -0.3 is 15.2 Å². The standard InChI is InChI=1S/C19H20N2O3/c1-12-10-14(11-20)4-9-17(12)19(23)21-13(2)18(22)15-5-7-16(24-3)8-6-15/h4-10,13,18,22H,1-3H3,(H,21,23). The van der Waals surface area contributed by atoms with E-state index in [0.29, 0.717) is 22.4 Å². The Morgan fingerprint density at radius 3 is 2.46 bits per heavy atom. The third-order valence-corrected chi connectivity index (χ3v) is 3.89. The second-order valence-corrected chi connectivity index (χ2v) is 5.62. The first-order valence-electron chi connectivity index (χ1n) is 7.60. The van der Waals surface area contributed by atoms with E-state index in [4.69, 9.17) is 10.00 Å². The van der Waals surface area contributed by atoms with Crippen molar-refractivity contribution in [1.29, 1.82) is 5.26 Å². The van der Waals surface area contributed by atoms with Crippen molar-refractivity contribution in [2.24, 2.45) is 0 Å². The molecule has 5 nitrogen and oxygen atoms in total. The van der Waals surface area contributed by atoms with Crippen LogP contribution in [0, 0.1) is 18.3 Å². The number of aryl methyl sites for hydroxylation is 1. The zero-order valence-corrected chi connectivity index (χ0v) is 13.9. The molecule has 0 saturated carbocycles. The van der Waals surface area contributed by atoms with Gasteiger partial charge in [0, 0.05) is 5.56 Å². The summed E-state index contributed by atoms with van der Waals surface area (Å²) >= 11 is 0. The lowest BCUT2D eigenvalue weighted by molar-refractivity contribution is 0.0851. The smallest absolute Gasteiger partial charge is 0.251 e. The molecule has 5 heteroatoms. The zero-order valence-electron chi connectivity index (χ0n) is 13.9. The summed E-state index contributed by atoms with van der Waals surface area (Å²) in [7, 11) is 1.58. The van der Waals surface area contributed by atoms with Gasteiger partial charge >= 0.3 is 0 Å². The van der Waals surface area contributed by atoms with Crippen molar-refractivity contribution in [2.75, 3.05) is 7.11 Å². The maximum absolute atomic E-state index is 12.4. The number of rotatable bonds is 5. The summed E-state index contributed by atoms with van der Waals surface area (Å²) in [6.45, 7) is 3.52. The Kier molecular flexibility index (Phi) is 5.56. The van der Waals surface area contributed by atoms with Gasteiger partial charge in [-0.2, -0.15) is 5.26 Å². The number of carbonyl (C=O) groups is 1. The largest absolute Gasteiger partial charge is 0.497 e. The number of methoxy groups -OCH3 is 1. The van der Waals surface area contributed by atoms with Crippen LogP contribution in [-0.2, 0) is 0 Å². The molecule has 0 radical (unpaired) electrons. The Bertz CT molecular complexity index is 763. The molecule has 2 aromatic carbocycles. The number of benzene rings is 2. The molecule has 2 unspecified atom stereocenters. The van der Waals surface area contributed by atoms with Crippen LogP contribution in [0.2, 0.25) is 0 Å². The van der Waals surface area contributed by atoms with E-state index >= 15 is 0 Å². The lowest BCUT2D eigenvalue weighted by atomic mass is 10.0. The monoisotopic (exact) mass is 324 g/mol. The van der Waals surface area contributed by atoms with Crippen LogP contribution in [0.5, 0.6) is 5.75 Å². The molecule has 2 rings (SSSR count). The van der Waals surface area contributed by atoms with Crippen molar-refractivity contribution in [2.45, 2.75) is 26.0 Å². The summed E-state index contributed by atoms with van der Waals surface area (Å²) in [5.74, 6) is 0.424. The van der Waals surface area contributed by atoms with Gasteiger partial charge in [-0.05, 0) is 55.3 Å². The van der Waals surface area contributed by atoms with Crippen molar-refractivity contribution in [3.63, 3.8) is 0 Å². The highest BCUT2D eigenvalue weighted by atomic mass is 16.5. The molecule has 0 aromatic heterocycles.